The molecule has 0 heterocycles. The number of carbonyl (C=O) groups excluding carboxylic acids is 1. The van der Waals surface area contributed by atoms with E-state index in [4.69, 9.17) is 4.74 Å². The van der Waals surface area contributed by atoms with Crippen LogP contribution >= 0.6 is 15.9 Å². The minimum atomic E-state index is 0.0164. The predicted octanol–water partition coefficient (Wildman–Crippen LogP) is 6.16. The molecule has 2 aromatic carbocycles. The molecule has 0 aliphatic heterocycles. The van der Waals surface area contributed by atoms with E-state index in [9.17, 15) is 4.79 Å². The lowest BCUT2D eigenvalue weighted by Crippen LogP contribution is -2.14. The quantitative estimate of drug-likeness (QED) is 0.571. The standard InChI is InChI=1S/C22H28BrNO2/c1-15-8-10-19(16(2)13-15)24-21(25)7-6-12-26-20-11-9-17(14-18(20)23)22(3,4)5/h8-11,13-14H,6-7,12H2,1-5H3,(H,24,25). The summed E-state index contributed by atoms with van der Waals surface area (Å²) in [6.07, 6.45) is 1.11. The molecule has 26 heavy (non-hydrogen) atoms. The van der Waals surface area contributed by atoms with Gasteiger partial charge in [-0.1, -0.05) is 44.5 Å². The van der Waals surface area contributed by atoms with Crippen molar-refractivity contribution in [2.24, 2.45) is 0 Å². The lowest BCUT2D eigenvalue weighted by Gasteiger charge is -2.20. The molecule has 0 radical (unpaired) electrons. The maximum Gasteiger partial charge on any atom is 0.224 e. The SMILES string of the molecule is Cc1ccc(NC(=O)CCCOc2ccc(C(C)(C)C)cc2Br)c(C)c1. The van der Waals surface area contributed by atoms with Gasteiger partial charge in [0.05, 0.1) is 11.1 Å². The molecule has 1 amide bonds. The second-order valence-corrected chi connectivity index (χ2v) is 8.57. The second-order valence-electron chi connectivity index (χ2n) is 7.71. The van der Waals surface area contributed by atoms with E-state index in [1.54, 1.807) is 0 Å². The Morgan fingerprint density at radius 2 is 1.85 bits per heavy atom. The maximum atomic E-state index is 12.1. The molecule has 0 spiro atoms. The Balaban J connectivity index is 1.80. The van der Waals surface area contributed by atoms with Crippen LogP contribution < -0.4 is 10.1 Å². The smallest absolute Gasteiger partial charge is 0.224 e. The fourth-order valence-electron chi connectivity index (χ4n) is 2.67. The van der Waals surface area contributed by atoms with Gasteiger partial charge in [-0.3, -0.25) is 4.79 Å². The van der Waals surface area contributed by atoms with Crippen molar-refractivity contribution in [3.63, 3.8) is 0 Å². The Morgan fingerprint density at radius 1 is 1.12 bits per heavy atom. The van der Waals surface area contributed by atoms with Crippen molar-refractivity contribution in [1.29, 1.82) is 0 Å². The summed E-state index contributed by atoms with van der Waals surface area (Å²) in [6, 6.07) is 12.2. The monoisotopic (exact) mass is 417 g/mol. The highest BCUT2D eigenvalue weighted by molar-refractivity contribution is 9.10. The van der Waals surface area contributed by atoms with Crippen molar-refractivity contribution in [1.82, 2.24) is 0 Å². The van der Waals surface area contributed by atoms with Crippen LogP contribution in [0.1, 0.15) is 50.3 Å². The summed E-state index contributed by atoms with van der Waals surface area (Å²) in [5.74, 6) is 0.829. The van der Waals surface area contributed by atoms with Gasteiger partial charge in [-0.05, 0) is 70.9 Å². The highest BCUT2D eigenvalue weighted by Gasteiger charge is 2.15. The van der Waals surface area contributed by atoms with Gasteiger partial charge in [-0.15, -0.1) is 0 Å². The third-order valence-electron chi connectivity index (χ3n) is 4.26. The third kappa shape index (κ3) is 5.87. The number of halogens is 1. The van der Waals surface area contributed by atoms with Crippen LogP contribution in [-0.2, 0) is 10.2 Å². The van der Waals surface area contributed by atoms with Crippen LogP contribution in [-0.4, -0.2) is 12.5 Å². The first kappa shape index (κ1) is 20.5. The van der Waals surface area contributed by atoms with Crippen LogP contribution in [0.2, 0.25) is 0 Å². The summed E-state index contributed by atoms with van der Waals surface area (Å²) < 4.78 is 6.77. The van der Waals surface area contributed by atoms with Crippen LogP contribution in [0, 0.1) is 13.8 Å². The van der Waals surface area contributed by atoms with Gasteiger partial charge in [-0.25, -0.2) is 0 Å². The molecular weight excluding hydrogens is 390 g/mol. The van der Waals surface area contributed by atoms with Crippen LogP contribution in [0.3, 0.4) is 0 Å². The Bertz CT molecular complexity index is 778. The third-order valence-corrected chi connectivity index (χ3v) is 4.88. The molecule has 0 aromatic heterocycles. The number of ether oxygens (including phenoxy) is 1. The van der Waals surface area contributed by atoms with Crippen molar-refractivity contribution in [2.75, 3.05) is 11.9 Å². The van der Waals surface area contributed by atoms with Gasteiger partial charge in [0.2, 0.25) is 5.91 Å². The number of hydrogen-bond donors (Lipinski definition) is 1. The summed E-state index contributed by atoms with van der Waals surface area (Å²) in [7, 11) is 0. The summed E-state index contributed by atoms with van der Waals surface area (Å²) in [5.41, 5.74) is 4.51. The Morgan fingerprint density at radius 3 is 2.46 bits per heavy atom. The van der Waals surface area contributed by atoms with Crippen molar-refractivity contribution in [3.8, 4) is 5.75 Å². The van der Waals surface area contributed by atoms with Gasteiger partial charge < -0.3 is 10.1 Å². The molecule has 4 heteroatoms. The van der Waals surface area contributed by atoms with Crippen LogP contribution in [0.25, 0.3) is 0 Å². The second kappa shape index (κ2) is 8.72. The Labute approximate surface area is 165 Å². The van der Waals surface area contributed by atoms with E-state index >= 15 is 0 Å². The summed E-state index contributed by atoms with van der Waals surface area (Å²) in [5, 5.41) is 2.97. The lowest BCUT2D eigenvalue weighted by molar-refractivity contribution is -0.116. The highest BCUT2D eigenvalue weighted by atomic mass is 79.9. The van der Waals surface area contributed by atoms with E-state index in [2.05, 4.69) is 60.2 Å². The number of anilines is 1. The van der Waals surface area contributed by atoms with Gasteiger partial charge in [0.25, 0.3) is 0 Å². The highest BCUT2D eigenvalue weighted by Crippen LogP contribution is 2.31. The molecule has 3 nitrogen and oxygen atoms in total. The fraction of sp³-hybridized carbons (Fsp3) is 0.409. The minimum absolute atomic E-state index is 0.0164. The van der Waals surface area contributed by atoms with Gasteiger partial charge >= 0.3 is 0 Å². The van der Waals surface area contributed by atoms with Gasteiger partial charge in [0.15, 0.2) is 0 Å². The summed E-state index contributed by atoms with van der Waals surface area (Å²) in [6.45, 7) is 11.1. The van der Waals surface area contributed by atoms with E-state index in [-0.39, 0.29) is 11.3 Å². The molecule has 0 saturated carbocycles. The zero-order valence-electron chi connectivity index (χ0n) is 16.3. The average Bonchev–Trinajstić information content (AvgIpc) is 2.54. The topological polar surface area (TPSA) is 38.3 Å². The van der Waals surface area contributed by atoms with Crippen LogP contribution in [0.4, 0.5) is 5.69 Å². The van der Waals surface area contributed by atoms with E-state index in [0.717, 1.165) is 21.5 Å². The van der Waals surface area contributed by atoms with E-state index < -0.39 is 0 Å². The zero-order chi connectivity index (χ0) is 19.3. The van der Waals surface area contributed by atoms with Gasteiger partial charge in [-0.2, -0.15) is 0 Å². The van der Waals surface area contributed by atoms with E-state index in [0.29, 0.717) is 19.4 Å². The molecule has 1 N–H and O–H groups in total. The number of hydrogen-bond acceptors (Lipinski definition) is 2. The van der Waals surface area contributed by atoms with Crippen molar-refractivity contribution in [2.45, 2.75) is 52.9 Å². The number of carbonyl (C=O) groups is 1. The average molecular weight is 418 g/mol. The van der Waals surface area contributed by atoms with Crippen molar-refractivity contribution >= 4 is 27.5 Å². The minimum Gasteiger partial charge on any atom is -0.492 e. The molecular formula is C22H28BrNO2. The molecule has 0 bridgehead atoms. The summed E-state index contributed by atoms with van der Waals surface area (Å²) in [4.78, 5) is 12.1. The first-order valence-corrected chi connectivity index (χ1v) is 9.76. The molecule has 140 valence electrons. The van der Waals surface area contributed by atoms with Gasteiger partial charge in [0.1, 0.15) is 5.75 Å². The molecule has 0 aliphatic rings. The molecule has 2 aromatic rings. The zero-order valence-corrected chi connectivity index (χ0v) is 17.9. The molecule has 0 aliphatic carbocycles. The number of nitrogens with one attached hydrogen (secondary N) is 1. The summed E-state index contributed by atoms with van der Waals surface area (Å²) >= 11 is 3.57. The van der Waals surface area contributed by atoms with Crippen LogP contribution in [0.5, 0.6) is 5.75 Å². The molecule has 0 unspecified atom stereocenters. The fourth-order valence-corrected chi connectivity index (χ4v) is 3.16. The Kier molecular flexibility index (Phi) is 6.87. The number of benzene rings is 2. The molecule has 0 atom stereocenters. The largest absolute Gasteiger partial charge is 0.492 e. The van der Waals surface area contributed by atoms with Gasteiger partial charge in [0, 0.05) is 12.1 Å². The number of aryl methyl sites for hydroxylation is 2. The number of amides is 1. The predicted molar refractivity (Wildman–Crippen MR) is 112 cm³/mol. The maximum absolute atomic E-state index is 12.1. The van der Waals surface area contributed by atoms with Crippen LogP contribution in [0.15, 0.2) is 40.9 Å². The first-order chi connectivity index (χ1) is 12.2. The normalized spacial score (nSPS) is 11.3. The molecule has 2 rings (SSSR count). The van der Waals surface area contributed by atoms with Crippen molar-refractivity contribution < 1.29 is 9.53 Å². The first-order valence-electron chi connectivity index (χ1n) is 8.97. The lowest BCUT2D eigenvalue weighted by atomic mass is 9.87. The van der Waals surface area contributed by atoms with E-state index in [1.165, 1.54) is 11.1 Å². The number of rotatable bonds is 6. The molecule has 0 fully saturated rings. The van der Waals surface area contributed by atoms with Crippen molar-refractivity contribution in [3.05, 3.63) is 57.6 Å². The molecule has 0 saturated heterocycles. The Hall–Kier alpha value is -1.81. The van der Waals surface area contributed by atoms with E-state index in [1.807, 2.05) is 32.0 Å².